The van der Waals surface area contributed by atoms with E-state index in [1.165, 1.54) is 11.1 Å². The first kappa shape index (κ1) is 18.4. The van der Waals surface area contributed by atoms with Crippen LogP contribution in [0.1, 0.15) is 26.7 Å². The summed E-state index contributed by atoms with van der Waals surface area (Å²) in [5.41, 5.74) is 5.35. The lowest BCUT2D eigenvalue weighted by molar-refractivity contribution is 1.07. The predicted octanol–water partition coefficient (Wildman–Crippen LogP) is 6.33. The zero-order valence-corrected chi connectivity index (χ0v) is 16.7. The third-order valence-electron chi connectivity index (χ3n) is 4.83. The van der Waals surface area contributed by atoms with Gasteiger partial charge in [-0.2, -0.15) is 0 Å². The highest BCUT2D eigenvalue weighted by Crippen LogP contribution is 2.30. The van der Waals surface area contributed by atoms with E-state index < -0.39 is 0 Å². The first-order chi connectivity index (χ1) is 13.7. The molecule has 140 valence electrons. The zero-order chi connectivity index (χ0) is 19.5. The molecule has 0 atom stereocenters. The maximum Gasteiger partial charge on any atom is 0.163 e. The molecule has 4 rings (SSSR count). The summed E-state index contributed by atoms with van der Waals surface area (Å²) < 4.78 is 0. The molecule has 0 amide bonds. The van der Waals surface area contributed by atoms with Crippen LogP contribution in [0.4, 0.5) is 5.82 Å². The van der Waals surface area contributed by atoms with Gasteiger partial charge in [0, 0.05) is 34.1 Å². The van der Waals surface area contributed by atoms with Crippen LogP contribution in [0.25, 0.3) is 22.3 Å². The van der Waals surface area contributed by atoms with Gasteiger partial charge in [-0.05, 0) is 67.3 Å². The van der Waals surface area contributed by atoms with Crippen LogP contribution < -0.4 is 5.32 Å². The smallest absolute Gasteiger partial charge is 0.163 e. The number of nitrogens with one attached hydrogen (secondary N) is 1. The first-order valence-corrected chi connectivity index (χ1v) is 9.75. The maximum atomic E-state index is 6.27. The van der Waals surface area contributed by atoms with Gasteiger partial charge in [0.05, 0.1) is 5.52 Å². The molecule has 4 nitrogen and oxygen atoms in total. The number of fused-ring (bicyclic) bond motifs is 1. The van der Waals surface area contributed by atoms with Gasteiger partial charge in [0.15, 0.2) is 5.82 Å². The number of halogens is 1. The first-order valence-electron chi connectivity index (χ1n) is 9.37. The molecule has 1 aromatic carbocycles. The Balaban J connectivity index is 1.90. The predicted molar refractivity (Wildman–Crippen MR) is 116 cm³/mol. The van der Waals surface area contributed by atoms with Gasteiger partial charge in [-0.15, -0.1) is 0 Å². The quantitative estimate of drug-likeness (QED) is 0.567. The highest BCUT2D eigenvalue weighted by Gasteiger charge is 2.14. The van der Waals surface area contributed by atoms with Gasteiger partial charge < -0.3 is 5.32 Å². The van der Waals surface area contributed by atoms with Crippen LogP contribution in [-0.4, -0.2) is 15.0 Å². The molecule has 0 saturated heterocycles. The van der Waals surface area contributed by atoms with E-state index >= 15 is 0 Å². The highest BCUT2D eigenvalue weighted by atomic mass is 35.5. The van der Waals surface area contributed by atoms with Crippen LogP contribution in [0.2, 0.25) is 5.02 Å². The van der Waals surface area contributed by atoms with Crippen molar-refractivity contribution in [2.24, 2.45) is 0 Å². The molecule has 1 aliphatic rings. The second kappa shape index (κ2) is 7.95. The van der Waals surface area contributed by atoms with Crippen LogP contribution in [-0.2, 0) is 0 Å². The molecule has 1 N–H and O–H groups in total. The topological polar surface area (TPSA) is 50.7 Å². The second-order valence-electron chi connectivity index (χ2n) is 6.69. The lowest BCUT2D eigenvalue weighted by atomic mass is 10.0. The fourth-order valence-electron chi connectivity index (χ4n) is 3.40. The van der Waals surface area contributed by atoms with E-state index in [-0.39, 0.29) is 0 Å². The standard InChI is InChI=1S/C23H21ClN4/c1-3-18-15(2)7-4-5-9-20(18)27-23-19-13-17(24)10-11-21(19)26-22(28-23)16-8-6-12-25-14-16/h5-14H,3-4H2,1-2H3,(H,26,27,28). The summed E-state index contributed by atoms with van der Waals surface area (Å²) in [6.45, 7) is 4.33. The number of benzene rings is 1. The largest absolute Gasteiger partial charge is 0.339 e. The zero-order valence-electron chi connectivity index (χ0n) is 15.9. The molecule has 2 aromatic heterocycles. The average Bonchev–Trinajstić information content (AvgIpc) is 2.89. The van der Waals surface area contributed by atoms with Crippen molar-refractivity contribution < 1.29 is 0 Å². The summed E-state index contributed by atoms with van der Waals surface area (Å²) in [5.74, 6) is 1.38. The lowest BCUT2D eigenvalue weighted by Gasteiger charge is -2.15. The molecule has 5 heteroatoms. The summed E-state index contributed by atoms with van der Waals surface area (Å²) in [4.78, 5) is 13.7. The van der Waals surface area contributed by atoms with Crippen molar-refractivity contribution in [1.82, 2.24) is 15.0 Å². The molecule has 28 heavy (non-hydrogen) atoms. The van der Waals surface area contributed by atoms with Crippen LogP contribution in [0.3, 0.4) is 0 Å². The number of rotatable bonds is 4. The Morgan fingerprint density at radius 2 is 2.07 bits per heavy atom. The number of nitrogens with zero attached hydrogens (tertiary/aromatic N) is 3. The van der Waals surface area contributed by atoms with Crippen molar-refractivity contribution in [3.05, 3.63) is 82.8 Å². The third-order valence-corrected chi connectivity index (χ3v) is 5.07. The maximum absolute atomic E-state index is 6.27. The second-order valence-corrected chi connectivity index (χ2v) is 7.13. The summed E-state index contributed by atoms with van der Waals surface area (Å²) >= 11 is 6.27. The minimum absolute atomic E-state index is 0.633. The lowest BCUT2D eigenvalue weighted by Crippen LogP contribution is -2.06. The Bertz CT molecular complexity index is 1110. The Labute approximate surface area is 169 Å². The Morgan fingerprint density at radius 3 is 2.86 bits per heavy atom. The summed E-state index contributed by atoms with van der Waals surface area (Å²) in [5, 5.41) is 5.10. The van der Waals surface area contributed by atoms with E-state index in [0.29, 0.717) is 10.8 Å². The van der Waals surface area contributed by atoms with E-state index in [1.54, 1.807) is 12.4 Å². The van der Waals surface area contributed by atoms with E-state index in [9.17, 15) is 0 Å². The molecule has 0 spiro atoms. The molecule has 0 aliphatic heterocycles. The van der Waals surface area contributed by atoms with Gasteiger partial charge in [-0.3, -0.25) is 4.98 Å². The van der Waals surface area contributed by atoms with Crippen LogP contribution in [0, 0.1) is 0 Å². The van der Waals surface area contributed by atoms with Crippen molar-refractivity contribution in [2.45, 2.75) is 26.7 Å². The monoisotopic (exact) mass is 388 g/mol. The molecule has 0 saturated carbocycles. The highest BCUT2D eigenvalue weighted by molar-refractivity contribution is 6.31. The van der Waals surface area contributed by atoms with E-state index in [1.807, 2.05) is 30.3 Å². The van der Waals surface area contributed by atoms with Crippen molar-refractivity contribution in [3.8, 4) is 11.4 Å². The molecule has 2 heterocycles. The number of pyridine rings is 1. The molecule has 0 fully saturated rings. The molecule has 0 radical (unpaired) electrons. The SMILES string of the molecule is CCC1=C(Nc2nc(-c3cccnc3)nc3ccc(Cl)cc23)C=CCC=C1C. The fraction of sp³-hybridized carbons (Fsp3) is 0.174. The molecule has 1 aliphatic carbocycles. The number of aromatic nitrogens is 3. The van der Waals surface area contributed by atoms with Gasteiger partial charge in [0.2, 0.25) is 0 Å². The van der Waals surface area contributed by atoms with Crippen molar-refractivity contribution in [3.63, 3.8) is 0 Å². The van der Waals surface area contributed by atoms with Crippen LogP contribution >= 0.6 is 11.6 Å². The van der Waals surface area contributed by atoms with Gasteiger partial charge in [-0.25, -0.2) is 9.97 Å². The molecular weight excluding hydrogens is 368 g/mol. The number of hydrogen-bond acceptors (Lipinski definition) is 4. The molecule has 0 unspecified atom stereocenters. The molecule has 0 bridgehead atoms. The van der Waals surface area contributed by atoms with E-state index in [4.69, 9.17) is 21.6 Å². The number of anilines is 1. The van der Waals surface area contributed by atoms with Crippen LogP contribution in [0.5, 0.6) is 0 Å². The Kier molecular flexibility index (Phi) is 5.22. The van der Waals surface area contributed by atoms with E-state index in [0.717, 1.165) is 40.8 Å². The van der Waals surface area contributed by atoms with Gasteiger partial charge in [-0.1, -0.05) is 30.7 Å². The fourth-order valence-corrected chi connectivity index (χ4v) is 3.57. The van der Waals surface area contributed by atoms with Gasteiger partial charge in [0.1, 0.15) is 5.82 Å². The van der Waals surface area contributed by atoms with Crippen molar-refractivity contribution >= 4 is 28.3 Å². The summed E-state index contributed by atoms with van der Waals surface area (Å²) in [7, 11) is 0. The van der Waals surface area contributed by atoms with Gasteiger partial charge in [0.25, 0.3) is 0 Å². The van der Waals surface area contributed by atoms with Crippen LogP contribution in [0.15, 0.2) is 77.8 Å². The van der Waals surface area contributed by atoms with E-state index in [2.05, 4.69) is 42.4 Å². The Hall–Kier alpha value is -2.98. The summed E-state index contributed by atoms with van der Waals surface area (Å²) in [6.07, 6.45) is 11.9. The van der Waals surface area contributed by atoms with Gasteiger partial charge >= 0.3 is 0 Å². The third kappa shape index (κ3) is 3.69. The Morgan fingerprint density at radius 1 is 1.18 bits per heavy atom. The number of hydrogen-bond donors (Lipinski definition) is 1. The minimum atomic E-state index is 0.633. The molecular formula is C23H21ClN4. The summed E-state index contributed by atoms with van der Waals surface area (Å²) in [6, 6.07) is 9.53. The normalized spacial score (nSPS) is 14.2. The van der Waals surface area contributed by atoms with Crippen molar-refractivity contribution in [1.29, 1.82) is 0 Å². The average molecular weight is 389 g/mol. The number of allylic oxidation sites excluding steroid dienone is 5. The minimum Gasteiger partial charge on any atom is -0.339 e. The molecule has 3 aromatic rings. The van der Waals surface area contributed by atoms with Crippen molar-refractivity contribution in [2.75, 3.05) is 5.32 Å².